The number of nitrogens with one attached hydrogen (secondary N) is 1. The van der Waals surface area contributed by atoms with Crippen LogP contribution < -0.4 is 5.32 Å². The lowest BCUT2D eigenvalue weighted by Crippen LogP contribution is -2.26. The highest BCUT2D eigenvalue weighted by molar-refractivity contribution is 5.58. The Kier molecular flexibility index (Phi) is 2.08. The van der Waals surface area contributed by atoms with Crippen LogP contribution in [0.1, 0.15) is 18.7 Å². The molecule has 2 aliphatic rings. The molecule has 2 aliphatic heterocycles. The van der Waals surface area contributed by atoms with Crippen molar-refractivity contribution in [2.45, 2.75) is 24.8 Å². The van der Waals surface area contributed by atoms with Crippen LogP contribution in [-0.4, -0.2) is 27.6 Å². The highest BCUT2D eigenvalue weighted by atomic mass is 15.1. The SMILES string of the molecule is c1cncc(-c2cnc3n2CC[C@]32CCNC2)c1. The summed E-state index contributed by atoms with van der Waals surface area (Å²) >= 11 is 0. The molecule has 0 amide bonds. The van der Waals surface area contributed by atoms with E-state index in [4.69, 9.17) is 4.98 Å². The highest BCUT2D eigenvalue weighted by Gasteiger charge is 2.43. The van der Waals surface area contributed by atoms with Crippen molar-refractivity contribution in [2.24, 2.45) is 0 Å². The van der Waals surface area contributed by atoms with E-state index in [0.29, 0.717) is 5.41 Å². The molecular weight excluding hydrogens is 224 g/mol. The molecule has 18 heavy (non-hydrogen) atoms. The van der Waals surface area contributed by atoms with Gasteiger partial charge < -0.3 is 9.88 Å². The van der Waals surface area contributed by atoms with Crippen molar-refractivity contribution in [1.82, 2.24) is 19.9 Å². The maximum Gasteiger partial charge on any atom is 0.116 e. The van der Waals surface area contributed by atoms with Crippen LogP contribution in [0.5, 0.6) is 0 Å². The van der Waals surface area contributed by atoms with Gasteiger partial charge in [-0.2, -0.15) is 0 Å². The number of aromatic nitrogens is 3. The second-order valence-corrected chi connectivity index (χ2v) is 5.32. The molecule has 0 bridgehead atoms. The van der Waals surface area contributed by atoms with E-state index in [-0.39, 0.29) is 0 Å². The lowest BCUT2D eigenvalue weighted by molar-refractivity contribution is 0.457. The van der Waals surface area contributed by atoms with Gasteiger partial charge in [-0.3, -0.25) is 4.98 Å². The van der Waals surface area contributed by atoms with Crippen LogP contribution in [0, 0.1) is 0 Å². The van der Waals surface area contributed by atoms with Crippen LogP contribution in [0.4, 0.5) is 0 Å². The van der Waals surface area contributed by atoms with Crippen LogP contribution in [0.25, 0.3) is 11.3 Å². The van der Waals surface area contributed by atoms with Crippen molar-refractivity contribution in [3.05, 3.63) is 36.5 Å². The van der Waals surface area contributed by atoms with Gasteiger partial charge in [0.1, 0.15) is 5.82 Å². The van der Waals surface area contributed by atoms with Crippen LogP contribution in [0.3, 0.4) is 0 Å². The smallest absolute Gasteiger partial charge is 0.116 e. The molecule has 4 rings (SSSR count). The average molecular weight is 240 g/mol. The third-order valence-electron chi connectivity index (χ3n) is 4.34. The van der Waals surface area contributed by atoms with Crippen molar-refractivity contribution >= 4 is 0 Å². The van der Waals surface area contributed by atoms with E-state index in [0.717, 1.165) is 19.6 Å². The minimum absolute atomic E-state index is 0.292. The number of hydrogen-bond donors (Lipinski definition) is 1. The molecule has 0 aliphatic carbocycles. The summed E-state index contributed by atoms with van der Waals surface area (Å²) in [7, 11) is 0. The zero-order chi connectivity index (χ0) is 12.0. The molecule has 92 valence electrons. The topological polar surface area (TPSA) is 42.7 Å². The summed E-state index contributed by atoms with van der Waals surface area (Å²) in [6, 6.07) is 4.09. The summed E-state index contributed by atoms with van der Waals surface area (Å²) < 4.78 is 2.38. The molecule has 1 spiro atoms. The van der Waals surface area contributed by atoms with E-state index >= 15 is 0 Å². The highest BCUT2D eigenvalue weighted by Crippen LogP contribution is 2.41. The van der Waals surface area contributed by atoms with Crippen LogP contribution >= 0.6 is 0 Å². The first kappa shape index (κ1) is 10.3. The van der Waals surface area contributed by atoms with Gasteiger partial charge in [0.25, 0.3) is 0 Å². The molecule has 2 aromatic rings. The standard InChI is InChI=1S/C14H16N4/c1-2-11(8-15-5-1)12-9-17-13-14(3-6-16-10-14)4-7-18(12)13/h1-2,5,8-9,16H,3-4,6-7,10H2/t14-/m0/s1. The maximum absolute atomic E-state index is 4.70. The Balaban J connectivity index is 1.82. The molecule has 4 nitrogen and oxygen atoms in total. The number of pyridine rings is 1. The molecule has 1 N–H and O–H groups in total. The summed E-state index contributed by atoms with van der Waals surface area (Å²) in [5.74, 6) is 1.27. The summed E-state index contributed by atoms with van der Waals surface area (Å²) in [5, 5.41) is 3.48. The number of rotatable bonds is 1. The van der Waals surface area contributed by atoms with E-state index < -0.39 is 0 Å². The van der Waals surface area contributed by atoms with Gasteiger partial charge in [-0.25, -0.2) is 4.98 Å². The third-order valence-corrected chi connectivity index (χ3v) is 4.34. The van der Waals surface area contributed by atoms with Crippen molar-refractivity contribution in [3.8, 4) is 11.3 Å². The number of nitrogens with zero attached hydrogens (tertiary/aromatic N) is 3. The first-order valence-electron chi connectivity index (χ1n) is 6.56. The van der Waals surface area contributed by atoms with E-state index in [1.165, 1.54) is 29.9 Å². The normalized spacial score (nSPS) is 25.8. The van der Waals surface area contributed by atoms with E-state index in [1.807, 2.05) is 24.7 Å². The van der Waals surface area contributed by atoms with Crippen molar-refractivity contribution < 1.29 is 0 Å². The molecule has 0 radical (unpaired) electrons. The van der Waals surface area contributed by atoms with Gasteiger partial charge in [-0.1, -0.05) is 0 Å². The average Bonchev–Trinajstić information content (AvgIpc) is 3.11. The Morgan fingerprint density at radius 2 is 2.28 bits per heavy atom. The lowest BCUT2D eigenvalue weighted by atomic mass is 9.85. The minimum atomic E-state index is 0.292. The molecule has 1 fully saturated rings. The molecule has 0 aromatic carbocycles. The Hall–Kier alpha value is -1.68. The second kappa shape index (κ2) is 3.65. The lowest BCUT2D eigenvalue weighted by Gasteiger charge is -2.19. The van der Waals surface area contributed by atoms with Gasteiger partial charge in [-0.05, 0) is 31.5 Å². The predicted octanol–water partition coefficient (Wildman–Crippen LogP) is 1.58. The van der Waals surface area contributed by atoms with Crippen LogP contribution in [0.2, 0.25) is 0 Å². The first-order valence-corrected chi connectivity index (χ1v) is 6.56. The van der Waals surface area contributed by atoms with Gasteiger partial charge >= 0.3 is 0 Å². The Labute approximate surface area is 106 Å². The Morgan fingerprint density at radius 1 is 1.28 bits per heavy atom. The monoisotopic (exact) mass is 240 g/mol. The van der Waals surface area contributed by atoms with Gasteiger partial charge in [0.2, 0.25) is 0 Å². The summed E-state index contributed by atoms with van der Waals surface area (Å²) in [6.07, 6.45) is 8.17. The van der Waals surface area contributed by atoms with Crippen molar-refractivity contribution in [1.29, 1.82) is 0 Å². The number of imidazole rings is 1. The Bertz CT molecular complexity index is 567. The summed E-state index contributed by atoms with van der Waals surface area (Å²) in [5.41, 5.74) is 2.67. The summed E-state index contributed by atoms with van der Waals surface area (Å²) in [6.45, 7) is 3.28. The molecule has 4 heterocycles. The molecule has 1 atom stereocenters. The van der Waals surface area contributed by atoms with Gasteiger partial charge in [-0.15, -0.1) is 0 Å². The largest absolute Gasteiger partial charge is 0.327 e. The summed E-state index contributed by atoms with van der Waals surface area (Å²) in [4.78, 5) is 8.91. The van der Waals surface area contributed by atoms with Crippen LogP contribution in [-0.2, 0) is 12.0 Å². The first-order chi connectivity index (χ1) is 8.89. The predicted molar refractivity (Wildman–Crippen MR) is 69.2 cm³/mol. The molecular formula is C14H16N4. The molecule has 0 saturated carbocycles. The van der Waals surface area contributed by atoms with Gasteiger partial charge in [0.05, 0.1) is 11.9 Å². The van der Waals surface area contributed by atoms with E-state index in [2.05, 4.69) is 20.9 Å². The van der Waals surface area contributed by atoms with Crippen LogP contribution in [0.15, 0.2) is 30.7 Å². The van der Waals surface area contributed by atoms with Crippen molar-refractivity contribution in [2.75, 3.05) is 13.1 Å². The third kappa shape index (κ3) is 1.29. The maximum atomic E-state index is 4.70. The van der Waals surface area contributed by atoms with Crippen molar-refractivity contribution in [3.63, 3.8) is 0 Å². The zero-order valence-electron chi connectivity index (χ0n) is 10.3. The molecule has 4 heteroatoms. The molecule has 1 saturated heterocycles. The van der Waals surface area contributed by atoms with Gasteiger partial charge in [0, 0.05) is 36.5 Å². The number of fused-ring (bicyclic) bond motifs is 2. The number of hydrogen-bond acceptors (Lipinski definition) is 3. The Morgan fingerprint density at radius 3 is 3.06 bits per heavy atom. The molecule has 2 aromatic heterocycles. The fourth-order valence-corrected chi connectivity index (χ4v) is 3.36. The molecule has 0 unspecified atom stereocenters. The fraction of sp³-hybridized carbons (Fsp3) is 0.429. The van der Waals surface area contributed by atoms with Gasteiger partial charge in [0.15, 0.2) is 0 Å². The second-order valence-electron chi connectivity index (χ2n) is 5.32. The minimum Gasteiger partial charge on any atom is -0.327 e. The quantitative estimate of drug-likeness (QED) is 0.823. The van der Waals surface area contributed by atoms with E-state index in [9.17, 15) is 0 Å². The fourth-order valence-electron chi connectivity index (χ4n) is 3.36. The van der Waals surface area contributed by atoms with E-state index in [1.54, 1.807) is 0 Å². The zero-order valence-corrected chi connectivity index (χ0v) is 10.3.